The van der Waals surface area contributed by atoms with Crippen LogP contribution in [0.3, 0.4) is 0 Å². The first-order valence-corrected chi connectivity index (χ1v) is 7.01. The lowest BCUT2D eigenvalue weighted by atomic mass is 10.2. The third kappa shape index (κ3) is 4.45. The van der Waals surface area contributed by atoms with Crippen molar-refractivity contribution in [2.45, 2.75) is 25.4 Å². The average molecular weight is 297 g/mol. The van der Waals surface area contributed by atoms with E-state index in [1.807, 2.05) is 18.3 Å². The molecule has 0 spiro atoms. The number of benzene rings is 1. The molecule has 1 saturated heterocycles. The molecule has 6 heteroatoms. The van der Waals surface area contributed by atoms with Gasteiger partial charge in [0.25, 0.3) is 0 Å². The normalized spacial score (nSPS) is 19.9. The molecular formula is C13H17ClN4S. The van der Waals surface area contributed by atoms with Crippen LogP contribution in [0.5, 0.6) is 0 Å². The van der Waals surface area contributed by atoms with E-state index in [0.29, 0.717) is 6.04 Å². The Balaban J connectivity index is 1.93. The van der Waals surface area contributed by atoms with E-state index in [4.69, 9.17) is 29.6 Å². The van der Waals surface area contributed by atoms with Crippen LogP contribution < -0.4 is 11.2 Å². The van der Waals surface area contributed by atoms with Gasteiger partial charge in [-0.25, -0.2) is 0 Å². The van der Waals surface area contributed by atoms with Gasteiger partial charge in [-0.15, -0.1) is 0 Å². The van der Waals surface area contributed by atoms with E-state index >= 15 is 0 Å². The van der Waals surface area contributed by atoms with Crippen LogP contribution in [0.4, 0.5) is 0 Å². The van der Waals surface area contributed by atoms with E-state index in [-0.39, 0.29) is 5.11 Å². The second kappa shape index (κ2) is 6.84. The number of nitrogens with two attached hydrogens (primary N) is 1. The van der Waals surface area contributed by atoms with E-state index < -0.39 is 0 Å². The molecule has 1 aliphatic heterocycles. The fourth-order valence-corrected chi connectivity index (χ4v) is 2.41. The molecule has 0 unspecified atom stereocenters. The Morgan fingerprint density at radius 3 is 2.95 bits per heavy atom. The predicted molar refractivity (Wildman–Crippen MR) is 83.3 cm³/mol. The molecule has 0 radical (unpaired) electrons. The van der Waals surface area contributed by atoms with Gasteiger partial charge in [-0.3, -0.25) is 10.3 Å². The number of nitrogens with one attached hydrogen (secondary N) is 1. The van der Waals surface area contributed by atoms with Crippen LogP contribution in [0.15, 0.2) is 29.4 Å². The van der Waals surface area contributed by atoms with Gasteiger partial charge in [0.1, 0.15) is 0 Å². The number of likely N-dealkylation sites (tertiary alicyclic amines) is 1. The maximum atomic E-state index is 5.89. The Hall–Kier alpha value is -1.17. The maximum Gasteiger partial charge on any atom is 0.184 e. The number of nitrogens with zero attached hydrogens (tertiary/aromatic N) is 2. The smallest absolute Gasteiger partial charge is 0.184 e. The summed E-state index contributed by atoms with van der Waals surface area (Å²) in [5.74, 6) is 0. The van der Waals surface area contributed by atoms with Gasteiger partial charge in [-0.05, 0) is 49.3 Å². The molecule has 19 heavy (non-hydrogen) atoms. The van der Waals surface area contributed by atoms with E-state index in [9.17, 15) is 0 Å². The van der Waals surface area contributed by atoms with Gasteiger partial charge in [0, 0.05) is 23.8 Å². The fourth-order valence-electron chi connectivity index (χ4n) is 2.23. The topological polar surface area (TPSA) is 53.6 Å². The third-order valence-electron chi connectivity index (χ3n) is 3.13. The zero-order valence-corrected chi connectivity index (χ0v) is 12.1. The fraction of sp³-hybridized carbons (Fsp3) is 0.385. The lowest BCUT2D eigenvalue weighted by Gasteiger charge is -2.21. The highest BCUT2D eigenvalue weighted by atomic mass is 35.5. The minimum absolute atomic E-state index is 0.193. The highest BCUT2D eigenvalue weighted by molar-refractivity contribution is 7.80. The van der Waals surface area contributed by atoms with E-state index in [0.717, 1.165) is 24.5 Å². The highest BCUT2D eigenvalue weighted by Crippen LogP contribution is 2.19. The summed E-state index contributed by atoms with van der Waals surface area (Å²) in [6.07, 6.45) is 4.16. The molecule has 102 valence electrons. The van der Waals surface area contributed by atoms with E-state index in [2.05, 4.69) is 27.6 Å². The second-order valence-corrected chi connectivity index (χ2v) is 5.44. The van der Waals surface area contributed by atoms with Crippen LogP contribution in [0.25, 0.3) is 0 Å². The molecule has 1 aromatic rings. The van der Waals surface area contributed by atoms with Gasteiger partial charge in [0.15, 0.2) is 5.11 Å². The van der Waals surface area contributed by atoms with Crippen molar-refractivity contribution < 1.29 is 0 Å². The van der Waals surface area contributed by atoms with Crippen LogP contribution in [0.1, 0.15) is 18.4 Å². The molecule has 4 nitrogen and oxygen atoms in total. The van der Waals surface area contributed by atoms with Crippen LogP contribution in [0, 0.1) is 0 Å². The third-order valence-corrected chi connectivity index (χ3v) is 3.48. The number of hydrogen-bond donors (Lipinski definition) is 2. The molecule has 1 fully saturated rings. The second-order valence-electron chi connectivity index (χ2n) is 4.56. The number of hydrazone groups is 1. The van der Waals surface area contributed by atoms with Gasteiger partial charge in [0.2, 0.25) is 0 Å². The van der Waals surface area contributed by atoms with Gasteiger partial charge in [0.05, 0.1) is 0 Å². The minimum Gasteiger partial charge on any atom is -0.375 e. The van der Waals surface area contributed by atoms with Crippen molar-refractivity contribution in [2.75, 3.05) is 6.54 Å². The zero-order valence-electron chi connectivity index (χ0n) is 10.6. The predicted octanol–water partition coefficient (Wildman–Crippen LogP) is 2.12. The molecule has 3 N–H and O–H groups in total. The molecule has 1 aliphatic rings. The van der Waals surface area contributed by atoms with E-state index in [1.54, 1.807) is 0 Å². The molecular weight excluding hydrogens is 280 g/mol. The first kappa shape index (κ1) is 14.2. The minimum atomic E-state index is 0.193. The van der Waals surface area contributed by atoms with Crippen molar-refractivity contribution in [2.24, 2.45) is 10.8 Å². The maximum absolute atomic E-state index is 5.89. The molecule has 0 aliphatic carbocycles. The van der Waals surface area contributed by atoms with Crippen molar-refractivity contribution in [1.82, 2.24) is 10.3 Å². The van der Waals surface area contributed by atoms with Crippen LogP contribution in [-0.2, 0) is 6.54 Å². The molecule has 0 aromatic heterocycles. The zero-order chi connectivity index (χ0) is 13.7. The Kier molecular flexibility index (Phi) is 5.13. The molecule has 1 atom stereocenters. The quantitative estimate of drug-likeness (QED) is 0.508. The highest BCUT2D eigenvalue weighted by Gasteiger charge is 2.22. The van der Waals surface area contributed by atoms with Gasteiger partial charge in [-0.2, -0.15) is 5.10 Å². The van der Waals surface area contributed by atoms with Gasteiger partial charge < -0.3 is 5.73 Å². The molecule has 0 saturated carbocycles. The molecule has 0 bridgehead atoms. The van der Waals surface area contributed by atoms with Crippen LogP contribution in [0.2, 0.25) is 5.02 Å². The Morgan fingerprint density at radius 1 is 1.53 bits per heavy atom. The van der Waals surface area contributed by atoms with Crippen molar-refractivity contribution in [3.63, 3.8) is 0 Å². The summed E-state index contributed by atoms with van der Waals surface area (Å²) in [6.45, 7) is 1.98. The van der Waals surface area contributed by atoms with Crippen molar-refractivity contribution in [3.05, 3.63) is 34.9 Å². The largest absolute Gasteiger partial charge is 0.375 e. The summed E-state index contributed by atoms with van der Waals surface area (Å²) >= 11 is 10.6. The van der Waals surface area contributed by atoms with Crippen LogP contribution in [-0.4, -0.2) is 28.8 Å². The summed E-state index contributed by atoms with van der Waals surface area (Å²) < 4.78 is 0. The molecule has 0 amide bonds. The van der Waals surface area contributed by atoms with Crippen molar-refractivity contribution in [1.29, 1.82) is 0 Å². The average Bonchev–Trinajstić information content (AvgIpc) is 2.79. The summed E-state index contributed by atoms with van der Waals surface area (Å²) in [7, 11) is 0. The molecule has 1 heterocycles. The van der Waals surface area contributed by atoms with Crippen molar-refractivity contribution >= 4 is 35.1 Å². The first-order valence-electron chi connectivity index (χ1n) is 6.22. The Labute approximate surface area is 123 Å². The van der Waals surface area contributed by atoms with Gasteiger partial charge in [-0.1, -0.05) is 23.7 Å². The summed E-state index contributed by atoms with van der Waals surface area (Å²) in [5.41, 5.74) is 9.19. The Morgan fingerprint density at radius 2 is 2.26 bits per heavy atom. The summed E-state index contributed by atoms with van der Waals surface area (Å²) in [5, 5.41) is 5.02. The number of halogens is 1. The van der Waals surface area contributed by atoms with E-state index in [1.165, 1.54) is 12.0 Å². The lowest BCUT2D eigenvalue weighted by Crippen LogP contribution is -2.32. The van der Waals surface area contributed by atoms with Crippen LogP contribution >= 0.6 is 23.8 Å². The summed E-state index contributed by atoms with van der Waals surface area (Å²) in [6, 6.07) is 8.29. The first-order chi connectivity index (χ1) is 9.15. The number of hydrogen-bond acceptors (Lipinski definition) is 3. The SMILES string of the molecule is NC(=S)N/N=C/[C@@H]1CCCN1Cc1ccc(Cl)cc1. The number of thiocarbonyl (C=S) groups is 1. The Bertz CT molecular complexity index is 460. The number of rotatable bonds is 4. The standard InChI is InChI=1S/C13H17ClN4S/c14-11-5-3-10(4-6-11)9-18-7-1-2-12(18)8-16-17-13(15)19/h3-6,8,12H,1-2,7,9H2,(H3,15,17,19)/b16-8+/t12-/m0/s1. The molecule has 1 aromatic carbocycles. The lowest BCUT2D eigenvalue weighted by molar-refractivity contribution is 0.297. The van der Waals surface area contributed by atoms with Gasteiger partial charge >= 0.3 is 0 Å². The monoisotopic (exact) mass is 296 g/mol. The molecule has 2 rings (SSSR count). The summed E-state index contributed by atoms with van der Waals surface area (Å²) in [4.78, 5) is 2.38. The van der Waals surface area contributed by atoms with Crippen molar-refractivity contribution in [3.8, 4) is 0 Å².